The highest BCUT2D eigenvalue weighted by atomic mass is 127. The fourth-order valence-corrected chi connectivity index (χ4v) is 1.04. The number of halogens is 1. The molecule has 0 aliphatic carbocycles. The summed E-state index contributed by atoms with van der Waals surface area (Å²) in [6.07, 6.45) is 0.357. The van der Waals surface area contributed by atoms with Crippen LogP contribution in [0, 0.1) is 15.0 Å². The van der Waals surface area contributed by atoms with Crippen molar-refractivity contribution in [3.63, 3.8) is 0 Å². The first-order chi connectivity index (χ1) is 5.25. The Bertz CT molecular complexity index is 334. The van der Waals surface area contributed by atoms with E-state index < -0.39 is 5.63 Å². The third kappa shape index (κ3) is 1.80. The van der Waals surface area contributed by atoms with E-state index in [9.17, 15) is 4.79 Å². The predicted molar refractivity (Wildman–Crippen MR) is 42.5 cm³/mol. The minimum absolute atomic E-state index is 0.357. The van der Waals surface area contributed by atoms with E-state index >= 15 is 0 Å². The van der Waals surface area contributed by atoms with Crippen LogP contribution in [0.5, 0.6) is 0 Å². The lowest BCUT2D eigenvalue weighted by molar-refractivity contribution is -0.772. The number of aryl methyl sites for hydroxylation is 1. The second-order valence-corrected chi connectivity index (χ2v) is 2.85. The topological polar surface area (TPSA) is 73.7 Å². The Morgan fingerprint density at radius 1 is 1.82 bits per heavy atom. The van der Waals surface area contributed by atoms with Gasteiger partial charge in [-0.05, 0) is 5.27 Å². The average Bonchev–Trinajstić information content (AvgIpc) is 2.31. The quantitative estimate of drug-likeness (QED) is 0.593. The maximum atomic E-state index is 10.7. The molecule has 0 saturated heterocycles. The first kappa shape index (κ1) is 8.26. The number of nitrogens with zero attached hydrogens (tertiary/aromatic N) is 2. The summed E-state index contributed by atoms with van der Waals surface area (Å²) in [4.78, 5) is 10.7. The molecule has 1 aromatic heterocycles. The molecule has 11 heavy (non-hydrogen) atoms. The van der Waals surface area contributed by atoms with Crippen molar-refractivity contribution < 1.29 is 9.20 Å². The number of nitriles is 1. The van der Waals surface area contributed by atoms with Crippen LogP contribution in [-0.4, -0.2) is 5.27 Å². The van der Waals surface area contributed by atoms with Gasteiger partial charge in [-0.25, -0.2) is 4.79 Å². The number of aromatic amines is 1. The van der Waals surface area contributed by atoms with Gasteiger partial charge in [0, 0.05) is 22.6 Å². The lowest BCUT2D eigenvalue weighted by Crippen LogP contribution is -2.39. The fraction of sp³-hybridized carbons (Fsp3) is 0.400. The van der Waals surface area contributed by atoms with Crippen molar-refractivity contribution in [3.05, 3.63) is 14.1 Å². The van der Waals surface area contributed by atoms with Crippen LogP contribution >= 0.6 is 22.6 Å². The highest BCUT2D eigenvalue weighted by molar-refractivity contribution is 14.1. The Morgan fingerprint density at radius 2 is 2.55 bits per heavy atom. The van der Waals surface area contributed by atoms with E-state index in [0.29, 0.717) is 16.7 Å². The standard InChI is InChI=1S/C5H4IN3O2/c6-4-5(10)11-8-9(4)3-1-2-7/h1,3H2/p+1. The second kappa shape index (κ2) is 3.52. The largest absolute Gasteiger partial charge is 0.440 e. The normalized spacial score (nSPS) is 9.45. The summed E-state index contributed by atoms with van der Waals surface area (Å²) in [5.41, 5.74) is -0.400. The van der Waals surface area contributed by atoms with Gasteiger partial charge in [-0.2, -0.15) is 5.26 Å². The lowest BCUT2D eigenvalue weighted by atomic mass is 10.5. The molecule has 0 aromatic carbocycles. The van der Waals surface area contributed by atoms with Gasteiger partial charge in [-0.1, -0.05) is 4.68 Å². The zero-order valence-corrected chi connectivity index (χ0v) is 7.66. The Morgan fingerprint density at radius 3 is 3.00 bits per heavy atom. The minimum Gasteiger partial charge on any atom is -0.282 e. The number of aromatic nitrogens is 2. The Hall–Kier alpha value is -0.840. The van der Waals surface area contributed by atoms with E-state index in [0.717, 1.165) is 0 Å². The molecule has 0 unspecified atom stereocenters. The lowest BCUT2D eigenvalue weighted by Gasteiger charge is -1.81. The molecular weight excluding hydrogens is 261 g/mol. The van der Waals surface area contributed by atoms with Gasteiger partial charge in [-0.15, -0.1) is 0 Å². The average molecular weight is 266 g/mol. The van der Waals surface area contributed by atoms with Crippen LogP contribution in [-0.2, 0) is 6.54 Å². The molecule has 0 aliphatic heterocycles. The Balaban J connectivity index is 2.81. The van der Waals surface area contributed by atoms with Crippen LogP contribution in [0.4, 0.5) is 0 Å². The molecule has 0 saturated carbocycles. The van der Waals surface area contributed by atoms with Gasteiger partial charge >= 0.3 is 9.33 Å². The van der Waals surface area contributed by atoms with E-state index in [1.54, 1.807) is 0 Å². The fourth-order valence-electron chi connectivity index (χ4n) is 0.595. The minimum atomic E-state index is -0.400. The molecule has 0 spiro atoms. The number of rotatable bonds is 2. The third-order valence-electron chi connectivity index (χ3n) is 1.10. The molecular formula is C5H5IN3O2+. The van der Waals surface area contributed by atoms with E-state index in [2.05, 4.69) is 9.79 Å². The van der Waals surface area contributed by atoms with Gasteiger partial charge in [0.2, 0.25) is 0 Å². The Kier molecular flexibility index (Phi) is 2.64. The molecule has 6 heteroatoms. The smallest absolute Gasteiger partial charge is 0.282 e. The maximum Gasteiger partial charge on any atom is 0.440 e. The van der Waals surface area contributed by atoms with Crippen LogP contribution in [0.15, 0.2) is 9.32 Å². The first-order valence-electron chi connectivity index (χ1n) is 2.89. The molecule has 58 valence electrons. The molecule has 1 rings (SSSR count). The van der Waals surface area contributed by atoms with Crippen LogP contribution in [0.25, 0.3) is 0 Å². The third-order valence-corrected chi connectivity index (χ3v) is 2.12. The van der Waals surface area contributed by atoms with Crippen molar-refractivity contribution in [2.75, 3.05) is 0 Å². The van der Waals surface area contributed by atoms with Crippen molar-refractivity contribution in [3.8, 4) is 6.07 Å². The molecule has 0 fully saturated rings. The second-order valence-electron chi connectivity index (χ2n) is 1.83. The molecule has 1 heterocycles. The summed E-state index contributed by atoms with van der Waals surface area (Å²) in [5.74, 6) is 0. The van der Waals surface area contributed by atoms with Crippen LogP contribution in [0.2, 0.25) is 0 Å². The predicted octanol–water partition coefficient (Wildman–Crippen LogP) is -0.226. The molecule has 0 bridgehead atoms. The van der Waals surface area contributed by atoms with Gasteiger partial charge in [0.05, 0.1) is 12.5 Å². The number of hydrogen-bond acceptors (Lipinski definition) is 3. The number of nitrogens with one attached hydrogen (secondary N) is 1. The highest BCUT2D eigenvalue weighted by Gasteiger charge is 2.15. The zero-order valence-electron chi connectivity index (χ0n) is 5.50. The van der Waals surface area contributed by atoms with Crippen LogP contribution < -0.4 is 10.3 Å². The summed E-state index contributed by atoms with van der Waals surface area (Å²) < 4.78 is 6.41. The van der Waals surface area contributed by atoms with E-state index in [4.69, 9.17) is 5.26 Å². The van der Waals surface area contributed by atoms with Gasteiger partial charge < -0.3 is 0 Å². The van der Waals surface area contributed by atoms with Crippen molar-refractivity contribution in [1.82, 2.24) is 5.27 Å². The van der Waals surface area contributed by atoms with E-state index in [1.807, 2.05) is 28.7 Å². The molecule has 1 aromatic rings. The molecule has 0 radical (unpaired) electrons. The van der Waals surface area contributed by atoms with Crippen molar-refractivity contribution in [1.29, 1.82) is 5.26 Å². The molecule has 0 amide bonds. The van der Waals surface area contributed by atoms with Crippen LogP contribution in [0.3, 0.4) is 0 Å². The summed E-state index contributed by atoms with van der Waals surface area (Å²) >= 11 is 1.86. The van der Waals surface area contributed by atoms with Gasteiger partial charge in [-0.3, -0.25) is 4.52 Å². The van der Waals surface area contributed by atoms with Crippen molar-refractivity contribution >= 4 is 22.6 Å². The van der Waals surface area contributed by atoms with Gasteiger partial charge in [0.1, 0.15) is 0 Å². The summed E-state index contributed by atoms with van der Waals surface area (Å²) in [6.45, 7) is 0.459. The van der Waals surface area contributed by atoms with Crippen LogP contribution in [0.1, 0.15) is 6.42 Å². The molecule has 0 aliphatic rings. The first-order valence-corrected chi connectivity index (χ1v) is 3.97. The molecule has 0 atom stereocenters. The van der Waals surface area contributed by atoms with Crippen molar-refractivity contribution in [2.24, 2.45) is 0 Å². The van der Waals surface area contributed by atoms with E-state index in [1.165, 1.54) is 4.68 Å². The van der Waals surface area contributed by atoms with Crippen molar-refractivity contribution in [2.45, 2.75) is 13.0 Å². The Labute approximate surface area is 75.7 Å². The molecule has 1 N–H and O–H groups in total. The number of H-pyrrole nitrogens is 1. The SMILES string of the molecule is N#CCC[n+]1[nH]oc(=O)c1I. The summed E-state index contributed by atoms with van der Waals surface area (Å²) in [7, 11) is 0. The number of hydrogen-bond donors (Lipinski definition) is 1. The summed E-state index contributed by atoms with van der Waals surface area (Å²) in [5, 5.41) is 10.6. The van der Waals surface area contributed by atoms with E-state index in [-0.39, 0.29) is 0 Å². The monoisotopic (exact) mass is 266 g/mol. The van der Waals surface area contributed by atoms with Gasteiger partial charge in [0.15, 0.2) is 6.54 Å². The zero-order chi connectivity index (χ0) is 8.27. The van der Waals surface area contributed by atoms with Gasteiger partial charge in [0.25, 0.3) is 0 Å². The maximum absolute atomic E-state index is 10.7. The molecule has 5 nitrogen and oxygen atoms in total. The highest BCUT2D eigenvalue weighted by Crippen LogP contribution is 1.87. The summed E-state index contributed by atoms with van der Waals surface area (Å²) in [6, 6.07) is 1.96.